The van der Waals surface area contributed by atoms with Gasteiger partial charge in [-0.1, -0.05) is 88.6 Å². The number of amides is 3. The minimum Gasteiger partial charge on any atom is -0.455 e. The molecular formula is C37H41BrN6O7. The molecule has 3 amide bonds. The predicted octanol–water partition coefficient (Wildman–Crippen LogP) is 3.39. The number of allylic oxidation sites excluding steroid dienone is 1. The number of esters is 1. The number of aliphatic hydroxyl groups excluding tert-OH is 1. The first-order chi connectivity index (χ1) is 24.8. The Labute approximate surface area is 303 Å². The zero-order valence-corrected chi connectivity index (χ0v) is 29.7. The van der Waals surface area contributed by atoms with Crippen LogP contribution >= 0.6 is 15.9 Å². The maximum Gasteiger partial charge on any atom is 0.313 e. The Morgan fingerprint density at radius 1 is 0.961 bits per heavy atom. The molecule has 0 unspecified atom stereocenters. The number of hydrogen-bond acceptors (Lipinski definition) is 9. The Morgan fingerprint density at radius 3 is 2.57 bits per heavy atom. The normalized spacial score (nSPS) is 28.9. The fourth-order valence-corrected chi connectivity index (χ4v) is 8.51. The van der Waals surface area contributed by atoms with Gasteiger partial charge in [-0.15, -0.1) is 5.10 Å². The van der Waals surface area contributed by atoms with Crippen LogP contribution < -0.4 is 5.32 Å². The lowest BCUT2D eigenvalue weighted by Crippen LogP contribution is -2.56. The summed E-state index contributed by atoms with van der Waals surface area (Å²) >= 11 is 3.62. The fraction of sp³-hybridized carbons (Fsp3) is 0.459. The molecule has 2 fully saturated rings. The highest BCUT2D eigenvalue weighted by atomic mass is 79.9. The highest BCUT2D eigenvalue weighted by molar-refractivity contribution is 9.11. The van der Waals surface area contributed by atoms with Gasteiger partial charge in [0.1, 0.15) is 42.0 Å². The number of nitrogens with one attached hydrogen (secondary N) is 1. The molecule has 7 rings (SSSR count). The van der Waals surface area contributed by atoms with Crippen molar-refractivity contribution in [1.82, 2.24) is 30.1 Å². The van der Waals surface area contributed by atoms with Crippen molar-refractivity contribution in [3.63, 3.8) is 0 Å². The molecule has 51 heavy (non-hydrogen) atoms. The lowest BCUT2D eigenvalue weighted by Gasteiger charge is -2.35. The first-order valence-electron chi connectivity index (χ1n) is 17.5. The van der Waals surface area contributed by atoms with E-state index in [9.17, 15) is 19.5 Å². The summed E-state index contributed by atoms with van der Waals surface area (Å²) in [6.45, 7) is 0.617. The van der Waals surface area contributed by atoms with Crippen LogP contribution in [0.3, 0.4) is 0 Å². The van der Waals surface area contributed by atoms with Crippen molar-refractivity contribution >= 4 is 50.7 Å². The van der Waals surface area contributed by atoms with E-state index >= 15 is 4.79 Å². The number of unbranched alkanes of at least 4 members (excludes halogenated alkanes) is 3. The van der Waals surface area contributed by atoms with Crippen molar-refractivity contribution in [2.24, 2.45) is 11.8 Å². The zero-order chi connectivity index (χ0) is 35.5. The highest BCUT2D eigenvalue weighted by Crippen LogP contribution is 2.59. The van der Waals surface area contributed by atoms with Crippen LogP contribution in [0.4, 0.5) is 0 Å². The van der Waals surface area contributed by atoms with Gasteiger partial charge >= 0.3 is 5.97 Å². The number of likely N-dealkylation sites (tertiary alicyclic amines) is 1. The quantitative estimate of drug-likeness (QED) is 0.190. The number of carbonyl (C=O) groups is 4. The van der Waals surface area contributed by atoms with Gasteiger partial charge in [0, 0.05) is 30.6 Å². The molecule has 2 N–H and O–H groups in total. The summed E-state index contributed by atoms with van der Waals surface area (Å²) in [5.41, 5.74) is 0.688. The van der Waals surface area contributed by atoms with Gasteiger partial charge in [0.25, 0.3) is 5.91 Å². The zero-order valence-electron chi connectivity index (χ0n) is 28.1. The Hall–Kier alpha value is -4.40. The molecule has 14 heteroatoms. The monoisotopic (exact) mass is 760 g/mol. The van der Waals surface area contributed by atoms with Crippen LogP contribution in [0.5, 0.6) is 0 Å². The Balaban J connectivity index is 1.28. The second kappa shape index (κ2) is 15.1. The molecule has 4 aliphatic rings. The molecule has 5 bridgehead atoms. The highest BCUT2D eigenvalue weighted by Gasteiger charge is 2.74. The van der Waals surface area contributed by atoms with Gasteiger partial charge in [-0.3, -0.25) is 19.2 Å². The molecule has 2 aromatic carbocycles. The predicted molar refractivity (Wildman–Crippen MR) is 189 cm³/mol. The molecule has 0 radical (unpaired) electrons. The summed E-state index contributed by atoms with van der Waals surface area (Å²) in [6, 6.07) is 15.5. The SMILES string of the molecule is O=C1CC/C=C\CN(Cn2nnc3ccccc32)C(=O)[C@@H]2N(CCCCCCO)C(=O)[C@H]3[C@H](C(=O)O[C@H](c4ccccc4)CN1)[C@H]1O[C@@]23C=C1Br. The van der Waals surface area contributed by atoms with Crippen molar-refractivity contribution in [1.29, 1.82) is 0 Å². The molecule has 1 spiro atoms. The summed E-state index contributed by atoms with van der Waals surface area (Å²) < 4.78 is 15.0. The third-order valence-corrected chi connectivity index (χ3v) is 10.9. The number of nitrogens with zero attached hydrogens (tertiary/aromatic N) is 5. The van der Waals surface area contributed by atoms with Crippen LogP contribution in [0, 0.1) is 11.8 Å². The maximum atomic E-state index is 15.1. The Kier molecular flexibility index (Phi) is 10.3. The number of benzene rings is 2. The number of rotatable bonds is 9. The summed E-state index contributed by atoms with van der Waals surface area (Å²) in [5, 5.41) is 20.8. The number of carbonyl (C=O) groups excluding carboxylic acids is 4. The lowest BCUT2D eigenvalue weighted by molar-refractivity contribution is -0.160. The smallest absolute Gasteiger partial charge is 0.313 e. The second-order valence-corrected chi connectivity index (χ2v) is 14.3. The number of aromatic nitrogens is 3. The van der Waals surface area contributed by atoms with E-state index in [4.69, 9.17) is 9.47 Å². The first kappa shape index (κ1) is 35.0. The number of halogens is 1. The van der Waals surface area contributed by atoms with Crippen LogP contribution in [-0.2, 0) is 35.3 Å². The van der Waals surface area contributed by atoms with E-state index in [1.54, 1.807) is 20.6 Å². The van der Waals surface area contributed by atoms with Gasteiger partial charge in [-0.25, -0.2) is 4.68 Å². The van der Waals surface area contributed by atoms with Crippen molar-refractivity contribution in [2.45, 2.75) is 69.0 Å². The lowest BCUT2D eigenvalue weighted by atomic mass is 9.74. The average molecular weight is 762 g/mol. The third kappa shape index (κ3) is 6.72. The Bertz CT molecular complexity index is 1850. The van der Waals surface area contributed by atoms with E-state index in [0.717, 1.165) is 18.4 Å². The fourth-order valence-electron chi connectivity index (χ4n) is 7.77. The molecular weight excluding hydrogens is 720 g/mol. The molecule has 0 aliphatic carbocycles. The van der Waals surface area contributed by atoms with E-state index < -0.39 is 41.7 Å². The topological polar surface area (TPSA) is 156 Å². The average Bonchev–Trinajstić information content (AvgIpc) is 3.86. The number of aliphatic hydroxyl groups is 1. The van der Waals surface area contributed by atoms with Crippen LogP contribution in [0.15, 0.2) is 77.3 Å². The summed E-state index contributed by atoms with van der Waals surface area (Å²) in [7, 11) is 0. The Morgan fingerprint density at radius 2 is 1.75 bits per heavy atom. The molecule has 13 nitrogen and oxygen atoms in total. The van der Waals surface area contributed by atoms with E-state index in [1.165, 1.54) is 0 Å². The van der Waals surface area contributed by atoms with E-state index in [0.29, 0.717) is 34.8 Å². The molecule has 2 saturated heterocycles. The number of fused-ring (bicyclic) bond motifs is 3. The van der Waals surface area contributed by atoms with E-state index in [2.05, 4.69) is 31.6 Å². The van der Waals surface area contributed by atoms with Crippen LogP contribution in [0.25, 0.3) is 11.0 Å². The van der Waals surface area contributed by atoms with Gasteiger partial charge in [0.2, 0.25) is 11.8 Å². The van der Waals surface area contributed by atoms with Gasteiger partial charge in [0.15, 0.2) is 0 Å². The molecule has 6 atom stereocenters. The van der Waals surface area contributed by atoms with Crippen molar-refractivity contribution in [2.75, 3.05) is 26.2 Å². The van der Waals surface area contributed by atoms with Gasteiger partial charge < -0.3 is 29.7 Å². The minimum atomic E-state index is -1.43. The molecule has 268 valence electrons. The number of cyclic esters (lactones) is 1. The van der Waals surface area contributed by atoms with Crippen molar-refractivity contribution < 1.29 is 33.8 Å². The number of ether oxygens (including phenoxy) is 2. The van der Waals surface area contributed by atoms with Gasteiger partial charge in [-0.05, 0) is 43.0 Å². The second-order valence-electron chi connectivity index (χ2n) is 13.4. The van der Waals surface area contributed by atoms with Crippen molar-refractivity contribution in [3.8, 4) is 0 Å². The maximum absolute atomic E-state index is 15.1. The molecule has 4 aliphatic heterocycles. The summed E-state index contributed by atoms with van der Waals surface area (Å²) in [6.07, 6.45) is 7.25. The van der Waals surface area contributed by atoms with Crippen molar-refractivity contribution in [3.05, 3.63) is 82.9 Å². The largest absolute Gasteiger partial charge is 0.455 e. The van der Waals surface area contributed by atoms with E-state index in [-0.39, 0.29) is 57.1 Å². The molecule has 3 aromatic rings. The molecule has 5 heterocycles. The van der Waals surface area contributed by atoms with Crippen LogP contribution in [-0.4, -0.2) is 97.6 Å². The molecule has 1 aromatic heterocycles. The number of hydrogen-bond donors (Lipinski definition) is 2. The van der Waals surface area contributed by atoms with E-state index in [1.807, 2.05) is 66.7 Å². The summed E-state index contributed by atoms with van der Waals surface area (Å²) in [5.74, 6) is -3.59. The van der Waals surface area contributed by atoms with Crippen LogP contribution in [0.1, 0.15) is 50.2 Å². The van der Waals surface area contributed by atoms with Crippen LogP contribution in [0.2, 0.25) is 0 Å². The standard InChI is InChI=1S/C37H41BrN6O7/c38-25-21-37-31-30(32(25)51-37)36(49)50-28(24-13-5-3-6-14-24)22-39-29(46)17-7-4-10-18-42(23-44-27-16-9-8-15-26(27)40-41-44)35(48)33(37)43(34(31)47)19-11-1-2-12-20-45/h3-6,8-10,13-16,21,28,30-33,45H,1-2,7,11-12,17-20,22-23H2,(H,39,46)/b10-4-/t28-,30-,31+,32-,33-,37+/m0/s1. The molecule has 0 saturated carbocycles. The van der Waals surface area contributed by atoms with Gasteiger partial charge in [-0.2, -0.15) is 0 Å². The minimum absolute atomic E-state index is 0.0402. The first-order valence-corrected chi connectivity index (χ1v) is 18.3. The van der Waals surface area contributed by atoms with Gasteiger partial charge in [0.05, 0.1) is 18.0 Å². The third-order valence-electron chi connectivity index (χ3n) is 10.2. The number of para-hydroxylation sites is 1. The summed E-state index contributed by atoms with van der Waals surface area (Å²) in [4.78, 5) is 60.0.